The van der Waals surface area contributed by atoms with Gasteiger partial charge in [-0.25, -0.2) is 0 Å². The van der Waals surface area contributed by atoms with Crippen molar-refractivity contribution in [3.8, 4) is 0 Å². The van der Waals surface area contributed by atoms with Gasteiger partial charge in [0, 0.05) is 17.1 Å². The summed E-state index contributed by atoms with van der Waals surface area (Å²) in [4.78, 5) is 0. The molecule has 0 aliphatic carbocycles. The normalized spacial score (nSPS) is 14.8. The van der Waals surface area contributed by atoms with E-state index < -0.39 is 6.10 Å². The molecule has 2 unspecified atom stereocenters. The average molecular weight is 288 g/mol. The van der Waals surface area contributed by atoms with Crippen molar-refractivity contribution in [3.63, 3.8) is 0 Å². The van der Waals surface area contributed by atoms with Crippen molar-refractivity contribution < 1.29 is 10.2 Å². The van der Waals surface area contributed by atoms with Gasteiger partial charge in [0.2, 0.25) is 0 Å². The highest BCUT2D eigenvalue weighted by Gasteiger charge is 2.10. The highest BCUT2D eigenvalue weighted by atomic mass is 79.9. The van der Waals surface area contributed by atoms with E-state index in [9.17, 15) is 5.11 Å². The topological polar surface area (TPSA) is 52.5 Å². The first kappa shape index (κ1) is 13.6. The maximum Gasteiger partial charge on any atom is 0.0914 e. The lowest BCUT2D eigenvalue weighted by molar-refractivity contribution is 0.158. The van der Waals surface area contributed by atoms with Crippen LogP contribution in [0.3, 0.4) is 0 Å². The van der Waals surface area contributed by atoms with Gasteiger partial charge >= 0.3 is 0 Å². The van der Waals surface area contributed by atoms with E-state index in [-0.39, 0.29) is 12.6 Å². The zero-order valence-corrected chi connectivity index (χ0v) is 10.9. The summed E-state index contributed by atoms with van der Waals surface area (Å²) in [6.45, 7) is 2.56. The number of halogens is 1. The molecule has 0 aromatic heterocycles. The van der Waals surface area contributed by atoms with E-state index in [0.29, 0.717) is 6.54 Å². The number of benzene rings is 1. The van der Waals surface area contributed by atoms with Crippen molar-refractivity contribution in [2.45, 2.75) is 25.5 Å². The van der Waals surface area contributed by atoms with Crippen LogP contribution < -0.4 is 5.32 Å². The number of hydrogen-bond acceptors (Lipinski definition) is 3. The summed E-state index contributed by atoms with van der Waals surface area (Å²) >= 11 is 3.35. The van der Waals surface area contributed by atoms with E-state index in [1.165, 1.54) is 0 Å². The van der Waals surface area contributed by atoms with Crippen LogP contribution in [0.2, 0.25) is 0 Å². The van der Waals surface area contributed by atoms with E-state index in [1.807, 2.05) is 31.2 Å². The van der Waals surface area contributed by atoms with Crippen LogP contribution in [0.25, 0.3) is 0 Å². The summed E-state index contributed by atoms with van der Waals surface area (Å²) in [5.41, 5.74) is 0.878. The Bertz CT molecular complexity index is 298. The van der Waals surface area contributed by atoms with Crippen molar-refractivity contribution in [2.75, 3.05) is 13.2 Å². The Balaban J connectivity index is 2.46. The Hall–Kier alpha value is -0.420. The van der Waals surface area contributed by atoms with Crippen LogP contribution in [-0.2, 0) is 0 Å². The number of rotatable bonds is 6. The van der Waals surface area contributed by atoms with Gasteiger partial charge in [0.15, 0.2) is 0 Å². The Morgan fingerprint density at radius 1 is 1.31 bits per heavy atom. The molecule has 0 saturated carbocycles. The van der Waals surface area contributed by atoms with E-state index in [0.717, 1.165) is 16.5 Å². The second kappa shape index (κ2) is 7.01. The third-order valence-corrected chi connectivity index (χ3v) is 3.10. The second-order valence-electron chi connectivity index (χ2n) is 3.76. The number of aliphatic hydroxyl groups is 2. The third-order valence-electron chi connectivity index (χ3n) is 2.57. The summed E-state index contributed by atoms with van der Waals surface area (Å²) < 4.78 is 0.998. The summed E-state index contributed by atoms with van der Waals surface area (Å²) in [6.07, 6.45) is 0.317. The Morgan fingerprint density at radius 3 is 2.44 bits per heavy atom. The zero-order chi connectivity index (χ0) is 12.0. The van der Waals surface area contributed by atoms with Gasteiger partial charge in [0.1, 0.15) is 0 Å². The molecule has 0 aliphatic heterocycles. The fourth-order valence-corrected chi connectivity index (χ4v) is 1.68. The molecule has 0 fully saturated rings. The second-order valence-corrected chi connectivity index (χ2v) is 4.68. The minimum Gasteiger partial charge on any atom is -0.395 e. The minimum absolute atomic E-state index is 0.0603. The molecule has 4 heteroatoms. The van der Waals surface area contributed by atoms with E-state index in [4.69, 9.17) is 5.11 Å². The van der Waals surface area contributed by atoms with Crippen molar-refractivity contribution in [1.29, 1.82) is 0 Å². The Morgan fingerprint density at radius 2 is 1.94 bits per heavy atom. The molecular weight excluding hydrogens is 270 g/mol. The van der Waals surface area contributed by atoms with E-state index in [1.54, 1.807) is 0 Å². The van der Waals surface area contributed by atoms with Crippen molar-refractivity contribution in [1.82, 2.24) is 5.32 Å². The third kappa shape index (κ3) is 4.22. The van der Waals surface area contributed by atoms with Gasteiger partial charge in [-0.05, 0) is 24.1 Å². The lowest BCUT2D eigenvalue weighted by Gasteiger charge is -2.17. The zero-order valence-electron chi connectivity index (χ0n) is 9.36. The van der Waals surface area contributed by atoms with Crippen molar-refractivity contribution in [3.05, 3.63) is 34.3 Å². The molecule has 90 valence electrons. The predicted molar refractivity (Wildman–Crippen MR) is 68.3 cm³/mol. The molecule has 0 amide bonds. The molecule has 3 N–H and O–H groups in total. The van der Waals surface area contributed by atoms with Crippen LogP contribution >= 0.6 is 15.9 Å². The molecule has 0 heterocycles. The summed E-state index contributed by atoms with van der Waals surface area (Å²) in [6, 6.07) is 7.64. The smallest absolute Gasteiger partial charge is 0.0914 e. The molecule has 0 radical (unpaired) electrons. The first-order chi connectivity index (χ1) is 7.67. The van der Waals surface area contributed by atoms with Gasteiger partial charge in [0.05, 0.1) is 12.7 Å². The van der Waals surface area contributed by atoms with Crippen LogP contribution in [0.5, 0.6) is 0 Å². The van der Waals surface area contributed by atoms with Crippen molar-refractivity contribution in [2.24, 2.45) is 0 Å². The highest BCUT2D eigenvalue weighted by molar-refractivity contribution is 9.10. The molecule has 0 saturated heterocycles. The summed E-state index contributed by atoms with van der Waals surface area (Å²) in [5, 5.41) is 22.0. The first-order valence-corrected chi connectivity index (χ1v) is 6.24. The van der Waals surface area contributed by atoms with Gasteiger partial charge in [-0.3, -0.25) is 0 Å². The summed E-state index contributed by atoms with van der Waals surface area (Å²) in [7, 11) is 0. The highest BCUT2D eigenvalue weighted by Crippen LogP contribution is 2.16. The van der Waals surface area contributed by atoms with Crippen LogP contribution in [0.1, 0.15) is 25.0 Å². The number of nitrogens with one attached hydrogen (secondary N) is 1. The molecule has 1 aromatic rings. The van der Waals surface area contributed by atoms with Gasteiger partial charge in [-0.15, -0.1) is 0 Å². The molecule has 0 spiro atoms. The quantitative estimate of drug-likeness (QED) is 0.748. The fraction of sp³-hybridized carbons (Fsp3) is 0.500. The first-order valence-electron chi connectivity index (χ1n) is 5.45. The molecule has 1 aromatic carbocycles. The molecule has 0 bridgehead atoms. The fourth-order valence-electron chi connectivity index (χ4n) is 1.42. The van der Waals surface area contributed by atoms with Crippen LogP contribution in [0, 0.1) is 0 Å². The van der Waals surface area contributed by atoms with Crippen molar-refractivity contribution >= 4 is 15.9 Å². The molecular formula is C12H18BrNO2. The van der Waals surface area contributed by atoms with Gasteiger partial charge in [0.25, 0.3) is 0 Å². The maximum atomic E-state index is 9.89. The monoisotopic (exact) mass is 287 g/mol. The Labute approximate surface area is 105 Å². The van der Waals surface area contributed by atoms with E-state index in [2.05, 4.69) is 21.2 Å². The minimum atomic E-state index is -0.534. The largest absolute Gasteiger partial charge is 0.395 e. The SMILES string of the molecule is CCC(CO)NCC(O)c1ccc(Br)cc1. The standard InChI is InChI=1S/C12H18BrNO2/c1-2-11(8-15)14-7-12(16)9-3-5-10(13)6-4-9/h3-6,11-12,14-16H,2,7-8H2,1H3. The van der Waals surface area contributed by atoms with Gasteiger partial charge in [-0.2, -0.15) is 0 Å². The molecule has 3 nitrogen and oxygen atoms in total. The maximum absolute atomic E-state index is 9.89. The molecule has 0 aliphatic rings. The average Bonchev–Trinajstić information content (AvgIpc) is 2.31. The van der Waals surface area contributed by atoms with Gasteiger partial charge < -0.3 is 15.5 Å². The molecule has 1 rings (SSSR count). The summed E-state index contributed by atoms with van der Waals surface area (Å²) in [5.74, 6) is 0. The lowest BCUT2D eigenvalue weighted by Crippen LogP contribution is -2.34. The van der Waals surface area contributed by atoms with Crippen LogP contribution in [0.15, 0.2) is 28.7 Å². The number of aliphatic hydroxyl groups excluding tert-OH is 2. The lowest BCUT2D eigenvalue weighted by atomic mass is 10.1. The van der Waals surface area contributed by atoms with Crippen LogP contribution in [-0.4, -0.2) is 29.4 Å². The van der Waals surface area contributed by atoms with Gasteiger partial charge in [-0.1, -0.05) is 35.0 Å². The predicted octanol–water partition coefficient (Wildman–Crippen LogP) is 1.84. The van der Waals surface area contributed by atoms with Crippen LogP contribution in [0.4, 0.5) is 0 Å². The molecule has 16 heavy (non-hydrogen) atoms. The number of hydrogen-bond donors (Lipinski definition) is 3. The molecule has 2 atom stereocenters. The van der Waals surface area contributed by atoms with E-state index >= 15 is 0 Å². The Kier molecular flexibility index (Phi) is 5.98.